The van der Waals surface area contributed by atoms with Gasteiger partial charge in [-0.15, -0.1) is 11.8 Å². The number of nitro benzene ring substituents is 1. The molecule has 0 bridgehead atoms. The monoisotopic (exact) mass is 686 g/mol. The minimum atomic E-state index is -0.754. The van der Waals surface area contributed by atoms with E-state index < -0.39 is 28.0 Å². The highest BCUT2D eigenvalue weighted by atomic mass is 32.2. The summed E-state index contributed by atoms with van der Waals surface area (Å²) in [5, 5.41) is 18.7. The van der Waals surface area contributed by atoms with E-state index in [1.165, 1.54) is 49.2 Å². The Labute approximate surface area is 291 Å². The summed E-state index contributed by atoms with van der Waals surface area (Å²) in [6.07, 6.45) is 1.42. The largest absolute Gasteiger partial charge is 0.465 e. The number of amides is 3. The fourth-order valence-electron chi connectivity index (χ4n) is 4.76. The molecule has 0 spiro atoms. The van der Waals surface area contributed by atoms with Crippen LogP contribution in [0.1, 0.15) is 37.1 Å². The van der Waals surface area contributed by atoms with Gasteiger partial charge in [0.05, 0.1) is 23.3 Å². The molecule has 0 heterocycles. The van der Waals surface area contributed by atoms with Crippen LogP contribution in [0, 0.1) is 10.1 Å². The third kappa shape index (κ3) is 9.08. The summed E-state index contributed by atoms with van der Waals surface area (Å²) < 4.78 is 4.87. The lowest BCUT2D eigenvalue weighted by atomic mass is 10.1. The van der Waals surface area contributed by atoms with Gasteiger partial charge in [0.1, 0.15) is 10.9 Å². The molecule has 0 fully saturated rings. The van der Waals surface area contributed by atoms with Crippen molar-refractivity contribution in [1.82, 2.24) is 5.32 Å². The van der Waals surface area contributed by atoms with Crippen LogP contribution in [0.2, 0.25) is 0 Å². The number of carbonyl (C=O) groups is 4. The number of para-hydroxylation sites is 1. The van der Waals surface area contributed by atoms with Gasteiger partial charge in [0.25, 0.3) is 17.5 Å². The third-order valence-corrected chi connectivity index (χ3v) is 8.47. The molecule has 1 unspecified atom stereocenters. The Morgan fingerprint density at radius 3 is 2.12 bits per heavy atom. The lowest BCUT2D eigenvalue weighted by Crippen LogP contribution is -2.30. The average Bonchev–Trinajstić information content (AvgIpc) is 3.14. The van der Waals surface area contributed by atoms with Gasteiger partial charge in [-0.05, 0) is 71.8 Å². The standard InChI is InChI=1S/C38H30N4O7S/c1-49-38(46)31-17-8-9-18-32(31)40-37(45)34(26-11-4-2-5-12-26)50-30-16-10-15-28(24-30)39-36(44)33(41-35(43)27-13-6-3-7-14-27)23-25-19-21-29(22-20-25)42(47)48/h2-24,34H,1H3,(H,39,44)(H,40,45)(H,41,43)/b33-23+. The maximum atomic E-state index is 13.7. The first kappa shape index (κ1) is 34.8. The maximum Gasteiger partial charge on any atom is 0.339 e. The van der Waals surface area contributed by atoms with E-state index in [0.29, 0.717) is 33.0 Å². The Bertz CT molecular complexity index is 2050. The number of nitrogens with zero attached hydrogens (tertiary/aromatic N) is 1. The van der Waals surface area contributed by atoms with Gasteiger partial charge in [-0.1, -0.05) is 66.7 Å². The molecule has 0 saturated carbocycles. The molecular formula is C38H30N4O7S. The van der Waals surface area contributed by atoms with Gasteiger partial charge in [0.15, 0.2) is 0 Å². The van der Waals surface area contributed by atoms with Crippen LogP contribution < -0.4 is 16.0 Å². The molecule has 5 aromatic carbocycles. The van der Waals surface area contributed by atoms with Crippen molar-refractivity contribution in [2.24, 2.45) is 0 Å². The van der Waals surface area contributed by atoms with Gasteiger partial charge in [-0.25, -0.2) is 4.79 Å². The van der Waals surface area contributed by atoms with Crippen molar-refractivity contribution in [2.45, 2.75) is 10.1 Å². The average molecular weight is 687 g/mol. The molecule has 3 N–H and O–H groups in total. The van der Waals surface area contributed by atoms with E-state index in [1.54, 1.807) is 78.9 Å². The van der Waals surface area contributed by atoms with Crippen LogP contribution in [0.5, 0.6) is 0 Å². The molecule has 0 aliphatic heterocycles. The Balaban J connectivity index is 1.39. The molecule has 0 saturated heterocycles. The molecule has 50 heavy (non-hydrogen) atoms. The van der Waals surface area contributed by atoms with Crippen LogP contribution in [-0.4, -0.2) is 35.7 Å². The van der Waals surface area contributed by atoms with Crippen molar-refractivity contribution >= 4 is 58.6 Å². The number of carbonyl (C=O) groups excluding carboxylic acids is 4. The van der Waals surface area contributed by atoms with Crippen molar-refractivity contribution in [3.63, 3.8) is 0 Å². The number of rotatable bonds is 12. The topological polar surface area (TPSA) is 157 Å². The van der Waals surface area contributed by atoms with Gasteiger partial charge >= 0.3 is 5.97 Å². The summed E-state index contributed by atoms with van der Waals surface area (Å²) in [5.74, 6) is -2.14. The fourth-order valence-corrected chi connectivity index (χ4v) is 5.85. The van der Waals surface area contributed by atoms with Crippen LogP contribution in [0.3, 0.4) is 0 Å². The summed E-state index contributed by atoms with van der Waals surface area (Å²) in [5.41, 5.74) is 2.15. The fraction of sp³-hybridized carbons (Fsp3) is 0.0526. The van der Waals surface area contributed by atoms with Crippen LogP contribution in [0.4, 0.5) is 17.1 Å². The zero-order valence-electron chi connectivity index (χ0n) is 26.6. The number of non-ortho nitro benzene ring substituents is 1. The molecule has 1 atom stereocenters. The van der Waals surface area contributed by atoms with E-state index in [4.69, 9.17) is 4.74 Å². The number of thioether (sulfide) groups is 1. The number of hydrogen-bond acceptors (Lipinski definition) is 8. The van der Waals surface area contributed by atoms with E-state index in [1.807, 2.05) is 30.3 Å². The number of ether oxygens (including phenoxy) is 1. The zero-order chi connectivity index (χ0) is 35.5. The van der Waals surface area contributed by atoms with Crippen LogP contribution in [0.15, 0.2) is 144 Å². The zero-order valence-corrected chi connectivity index (χ0v) is 27.4. The number of esters is 1. The second kappa shape index (κ2) is 16.5. The normalized spacial score (nSPS) is 11.5. The lowest BCUT2D eigenvalue weighted by Gasteiger charge is -2.19. The first-order chi connectivity index (χ1) is 24.2. The Kier molecular flexibility index (Phi) is 11.5. The van der Waals surface area contributed by atoms with Crippen LogP contribution in [0.25, 0.3) is 6.08 Å². The predicted octanol–water partition coefficient (Wildman–Crippen LogP) is 7.26. The molecule has 5 rings (SSSR count). The molecule has 0 aliphatic rings. The van der Waals surface area contributed by atoms with Gasteiger partial charge < -0.3 is 20.7 Å². The van der Waals surface area contributed by atoms with Crippen molar-refractivity contribution in [3.05, 3.63) is 172 Å². The molecule has 5 aromatic rings. The molecular weight excluding hydrogens is 657 g/mol. The minimum absolute atomic E-state index is 0.100. The molecule has 250 valence electrons. The number of methoxy groups -OCH3 is 1. The van der Waals surface area contributed by atoms with Gasteiger partial charge in [-0.2, -0.15) is 0 Å². The quantitative estimate of drug-likeness (QED) is 0.0407. The minimum Gasteiger partial charge on any atom is -0.465 e. The van der Waals surface area contributed by atoms with Crippen molar-refractivity contribution in [2.75, 3.05) is 17.7 Å². The number of nitro groups is 1. The molecule has 3 amide bonds. The second-order valence-corrected chi connectivity index (χ2v) is 11.8. The summed E-state index contributed by atoms with van der Waals surface area (Å²) in [4.78, 5) is 64.0. The van der Waals surface area contributed by atoms with E-state index >= 15 is 0 Å². The Morgan fingerprint density at radius 1 is 0.780 bits per heavy atom. The molecule has 0 radical (unpaired) electrons. The highest BCUT2D eigenvalue weighted by molar-refractivity contribution is 8.00. The summed E-state index contributed by atoms with van der Waals surface area (Å²) in [6.45, 7) is 0. The van der Waals surface area contributed by atoms with E-state index in [-0.39, 0.29) is 22.9 Å². The Hall–Kier alpha value is -6.53. The number of benzene rings is 5. The smallest absolute Gasteiger partial charge is 0.339 e. The first-order valence-corrected chi connectivity index (χ1v) is 16.0. The highest BCUT2D eigenvalue weighted by Gasteiger charge is 2.24. The third-order valence-electron chi connectivity index (χ3n) is 7.22. The van der Waals surface area contributed by atoms with Crippen LogP contribution >= 0.6 is 11.8 Å². The highest BCUT2D eigenvalue weighted by Crippen LogP contribution is 2.37. The molecule has 11 nitrogen and oxygen atoms in total. The lowest BCUT2D eigenvalue weighted by molar-refractivity contribution is -0.384. The summed E-state index contributed by atoms with van der Waals surface area (Å²) in [6, 6.07) is 36.4. The summed E-state index contributed by atoms with van der Waals surface area (Å²) in [7, 11) is 1.26. The molecule has 12 heteroatoms. The predicted molar refractivity (Wildman–Crippen MR) is 192 cm³/mol. The van der Waals surface area contributed by atoms with Crippen LogP contribution in [-0.2, 0) is 14.3 Å². The van der Waals surface area contributed by atoms with Crippen molar-refractivity contribution < 1.29 is 28.8 Å². The second-order valence-electron chi connectivity index (χ2n) is 10.6. The SMILES string of the molecule is COC(=O)c1ccccc1NC(=O)C(Sc1cccc(NC(=O)/C(=C\c2ccc([N+](=O)[O-])cc2)NC(=O)c2ccccc2)c1)c1ccccc1. The number of hydrogen-bond donors (Lipinski definition) is 3. The van der Waals surface area contributed by atoms with Crippen molar-refractivity contribution in [3.8, 4) is 0 Å². The van der Waals surface area contributed by atoms with E-state index in [9.17, 15) is 29.3 Å². The maximum absolute atomic E-state index is 13.7. The Morgan fingerprint density at radius 2 is 1.44 bits per heavy atom. The van der Waals surface area contributed by atoms with Gasteiger partial charge in [-0.3, -0.25) is 24.5 Å². The van der Waals surface area contributed by atoms with Gasteiger partial charge in [0.2, 0.25) is 5.91 Å². The molecule has 0 aliphatic carbocycles. The number of nitrogens with one attached hydrogen (secondary N) is 3. The summed E-state index contributed by atoms with van der Waals surface area (Å²) >= 11 is 1.23. The van der Waals surface area contributed by atoms with E-state index in [0.717, 1.165) is 0 Å². The van der Waals surface area contributed by atoms with Gasteiger partial charge in [0, 0.05) is 28.3 Å². The first-order valence-electron chi connectivity index (χ1n) is 15.2. The van der Waals surface area contributed by atoms with Crippen molar-refractivity contribution in [1.29, 1.82) is 0 Å². The number of anilines is 2. The van der Waals surface area contributed by atoms with E-state index in [2.05, 4.69) is 16.0 Å². The molecule has 0 aromatic heterocycles.